The molecule has 6 heteroatoms. The van der Waals surface area contributed by atoms with Gasteiger partial charge in [-0.05, 0) is 63.2 Å². The predicted molar refractivity (Wildman–Crippen MR) is 112 cm³/mol. The second-order valence-electron chi connectivity index (χ2n) is 8.95. The molecule has 150 valence electrons. The van der Waals surface area contributed by atoms with Crippen LogP contribution in [0.4, 0.5) is 5.69 Å². The normalized spacial score (nSPS) is 23.8. The summed E-state index contributed by atoms with van der Waals surface area (Å²) in [6.45, 7) is 7.29. The Morgan fingerprint density at radius 2 is 2.11 bits per heavy atom. The number of carbonyl (C=O) groups is 1. The number of anilines is 1. The SMILES string of the molecule is CN1CCC(C)(C)CC1.N#Cc1cnc2[nH]ccc2c1NC1CC(CC=O)C1. The second kappa shape index (κ2) is 8.74. The molecular formula is C22H31N5O. The van der Waals surface area contributed by atoms with E-state index in [1.807, 2.05) is 12.3 Å². The summed E-state index contributed by atoms with van der Waals surface area (Å²) in [6.07, 6.45) is 9.73. The number of nitrogens with zero attached hydrogens (tertiary/aromatic N) is 3. The molecular weight excluding hydrogens is 350 g/mol. The third-order valence-corrected chi connectivity index (χ3v) is 6.06. The van der Waals surface area contributed by atoms with Crippen molar-refractivity contribution in [3.05, 3.63) is 24.0 Å². The summed E-state index contributed by atoms with van der Waals surface area (Å²) >= 11 is 0. The number of pyridine rings is 1. The number of H-pyrrole nitrogens is 1. The topological polar surface area (TPSA) is 84.8 Å². The van der Waals surface area contributed by atoms with Crippen LogP contribution < -0.4 is 5.32 Å². The number of aldehydes is 1. The second-order valence-corrected chi connectivity index (χ2v) is 8.95. The van der Waals surface area contributed by atoms with Crippen molar-refractivity contribution in [3.63, 3.8) is 0 Å². The number of fused-ring (bicyclic) bond motifs is 1. The predicted octanol–water partition coefficient (Wildman–Crippen LogP) is 3.95. The van der Waals surface area contributed by atoms with Crippen LogP contribution in [0.15, 0.2) is 18.5 Å². The van der Waals surface area contributed by atoms with Crippen molar-refractivity contribution in [1.82, 2.24) is 14.9 Å². The molecule has 2 aliphatic rings. The van der Waals surface area contributed by atoms with Crippen molar-refractivity contribution in [2.45, 2.75) is 52.0 Å². The average molecular weight is 382 g/mol. The number of piperidine rings is 1. The molecule has 0 aromatic carbocycles. The minimum absolute atomic E-state index is 0.345. The summed E-state index contributed by atoms with van der Waals surface area (Å²) in [5, 5.41) is 13.5. The minimum atomic E-state index is 0.345. The van der Waals surface area contributed by atoms with E-state index in [1.54, 1.807) is 6.20 Å². The van der Waals surface area contributed by atoms with Crippen LogP contribution in [0.1, 0.15) is 51.5 Å². The van der Waals surface area contributed by atoms with E-state index >= 15 is 0 Å². The highest BCUT2D eigenvalue weighted by molar-refractivity contribution is 5.92. The zero-order valence-electron chi connectivity index (χ0n) is 17.2. The number of carbonyl (C=O) groups excluding carboxylic acids is 1. The summed E-state index contributed by atoms with van der Waals surface area (Å²) in [5.41, 5.74) is 2.81. The quantitative estimate of drug-likeness (QED) is 0.783. The lowest BCUT2D eigenvalue weighted by Gasteiger charge is -2.35. The van der Waals surface area contributed by atoms with Gasteiger partial charge >= 0.3 is 0 Å². The summed E-state index contributed by atoms with van der Waals surface area (Å²) in [6, 6.07) is 4.44. The molecule has 0 unspecified atom stereocenters. The van der Waals surface area contributed by atoms with Crippen LogP contribution in [0.5, 0.6) is 0 Å². The molecule has 28 heavy (non-hydrogen) atoms. The lowest BCUT2D eigenvalue weighted by molar-refractivity contribution is -0.109. The van der Waals surface area contributed by atoms with Gasteiger partial charge in [-0.25, -0.2) is 4.98 Å². The van der Waals surface area contributed by atoms with E-state index in [-0.39, 0.29) is 0 Å². The molecule has 1 saturated carbocycles. The van der Waals surface area contributed by atoms with E-state index in [4.69, 9.17) is 5.26 Å². The molecule has 1 aliphatic heterocycles. The Morgan fingerprint density at radius 3 is 2.71 bits per heavy atom. The molecule has 1 aliphatic carbocycles. The van der Waals surface area contributed by atoms with Gasteiger partial charge in [-0.2, -0.15) is 5.26 Å². The third kappa shape index (κ3) is 4.90. The monoisotopic (exact) mass is 381 g/mol. The number of hydrogen-bond acceptors (Lipinski definition) is 5. The molecule has 2 N–H and O–H groups in total. The molecule has 0 spiro atoms. The Balaban J connectivity index is 0.000000211. The Bertz CT molecular complexity index is 834. The first-order valence-electron chi connectivity index (χ1n) is 10.2. The van der Waals surface area contributed by atoms with Gasteiger partial charge in [0.25, 0.3) is 0 Å². The highest BCUT2D eigenvalue weighted by Crippen LogP contribution is 2.34. The maximum atomic E-state index is 10.4. The third-order valence-electron chi connectivity index (χ3n) is 6.06. The van der Waals surface area contributed by atoms with Crippen molar-refractivity contribution in [2.75, 3.05) is 25.5 Å². The number of nitriles is 1. The number of aromatic nitrogens is 2. The molecule has 4 rings (SSSR count). The molecule has 2 aromatic heterocycles. The molecule has 0 atom stereocenters. The maximum Gasteiger partial charge on any atom is 0.139 e. The van der Waals surface area contributed by atoms with E-state index in [1.165, 1.54) is 25.9 Å². The molecule has 1 saturated heterocycles. The van der Waals surface area contributed by atoms with Crippen LogP contribution in [0.2, 0.25) is 0 Å². The summed E-state index contributed by atoms with van der Waals surface area (Å²) in [4.78, 5) is 20.1. The first-order chi connectivity index (χ1) is 13.4. The van der Waals surface area contributed by atoms with Crippen molar-refractivity contribution >= 4 is 23.0 Å². The van der Waals surface area contributed by atoms with Gasteiger partial charge in [-0.1, -0.05) is 13.8 Å². The molecule has 0 bridgehead atoms. The Hall–Kier alpha value is -2.39. The Kier molecular flexibility index (Phi) is 6.35. The number of aromatic amines is 1. The van der Waals surface area contributed by atoms with Gasteiger partial charge in [0, 0.05) is 30.2 Å². The highest BCUT2D eigenvalue weighted by Gasteiger charge is 2.29. The number of likely N-dealkylation sites (tertiary alicyclic amines) is 1. The standard InChI is InChI=1S/C14H14N4O.C8H17N/c15-7-10-8-17-14-12(1-3-16-14)13(10)18-11-5-9(6-11)2-4-19;1-8(2)4-6-9(3)7-5-8/h1,3-4,8-9,11H,2,5-6H2,(H2,16,17,18);4-7H2,1-3H3. The Morgan fingerprint density at radius 1 is 1.39 bits per heavy atom. The zero-order chi connectivity index (χ0) is 20.1. The number of nitrogens with one attached hydrogen (secondary N) is 2. The van der Waals surface area contributed by atoms with E-state index < -0.39 is 0 Å². The summed E-state index contributed by atoms with van der Waals surface area (Å²) in [7, 11) is 2.20. The van der Waals surface area contributed by atoms with E-state index in [0.717, 1.165) is 35.8 Å². The van der Waals surface area contributed by atoms with Crippen LogP contribution in [0.25, 0.3) is 11.0 Å². The van der Waals surface area contributed by atoms with E-state index in [0.29, 0.717) is 29.4 Å². The molecule has 6 nitrogen and oxygen atoms in total. The van der Waals surface area contributed by atoms with Crippen LogP contribution in [-0.4, -0.2) is 47.3 Å². The molecule has 3 heterocycles. The van der Waals surface area contributed by atoms with Crippen molar-refractivity contribution in [3.8, 4) is 6.07 Å². The summed E-state index contributed by atoms with van der Waals surface area (Å²) in [5.74, 6) is 0.490. The first-order valence-corrected chi connectivity index (χ1v) is 10.2. The van der Waals surface area contributed by atoms with Crippen molar-refractivity contribution < 1.29 is 4.79 Å². The van der Waals surface area contributed by atoms with E-state index in [9.17, 15) is 4.79 Å². The molecule has 0 amide bonds. The Labute approximate surface area is 167 Å². The first kappa shape index (κ1) is 20.3. The lowest BCUT2D eigenvalue weighted by Crippen LogP contribution is -2.35. The fourth-order valence-corrected chi connectivity index (χ4v) is 3.86. The van der Waals surface area contributed by atoms with Crippen LogP contribution in [-0.2, 0) is 4.79 Å². The molecule has 2 aromatic rings. The van der Waals surface area contributed by atoms with Crippen LogP contribution >= 0.6 is 0 Å². The maximum absolute atomic E-state index is 10.4. The van der Waals surface area contributed by atoms with Gasteiger partial charge in [-0.3, -0.25) is 0 Å². The lowest BCUT2D eigenvalue weighted by atomic mass is 9.78. The fraction of sp³-hybridized carbons (Fsp3) is 0.591. The highest BCUT2D eigenvalue weighted by atomic mass is 16.1. The van der Waals surface area contributed by atoms with Crippen molar-refractivity contribution in [1.29, 1.82) is 5.26 Å². The minimum Gasteiger partial charge on any atom is -0.381 e. The van der Waals surface area contributed by atoms with Gasteiger partial charge in [0.05, 0.1) is 11.3 Å². The summed E-state index contributed by atoms with van der Waals surface area (Å²) < 4.78 is 0. The smallest absolute Gasteiger partial charge is 0.139 e. The van der Waals surface area contributed by atoms with Gasteiger partial charge in [0.15, 0.2) is 0 Å². The van der Waals surface area contributed by atoms with Crippen LogP contribution in [0.3, 0.4) is 0 Å². The average Bonchev–Trinajstić information content (AvgIpc) is 3.12. The number of hydrogen-bond donors (Lipinski definition) is 2. The van der Waals surface area contributed by atoms with Crippen molar-refractivity contribution in [2.24, 2.45) is 11.3 Å². The van der Waals surface area contributed by atoms with Crippen LogP contribution in [0, 0.1) is 22.7 Å². The largest absolute Gasteiger partial charge is 0.381 e. The van der Waals surface area contributed by atoms with E-state index in [2.05, 4.69) is 47.1 Å². The number of rotatable bonds is 4. The van der Waals surface area contributed by atoms with Gasteiger partial charge in [0.1, 0.15) is 18.0 Å². The van der Waals surface area contributed by atoms with Gasteiger partial charge < -0.3 is 20.0 Å². The fourth-order valence-electron chi connectivity index (χ4n) is 3.86. The van der Waals surface area contributed by atoms with Gasteiger partial charge in [-0.15, -0.1) is 0 Å². The zero-order valence-corrected chi connectivity index (χ0v) is 17.2. The molecule has 0 radical (unpaired) electrons. The van der Waals surface area contributed by atoms with Gasteiger partial charge in [0.2, 0.25) is 0 Å². The molecule has 2 fully saturated rings.